The van der Waals surface area contributed by atoms with Crippen LogP contribution < -0.4 is 11.2 Å². The molecule has 7 heteroatoms. The van der Waals surface area contributed by atoms with E-state index in [2.05, 4.69) is 4.98 Å². The van der Waals surface area contributed by atoms with Crippen molar-refractivity contribution in [2.75, 3.05) is 6.26 Å². The SMILES string of the molecule is Cc1cc2[nH]c(=O)n(CS(C)(=O)=O)c(=O)c2cc1C1=CC=CC1. The summed E-state index contributed by atoms with van der Waals surface area (Å²) in [6.45, 7) is 1.91. The van der Waals surface area contributed by atoms with Gasteiger partial charge in [-0.05, 0) is 42.2 Å². The molecule has 6 nitrogen and oxygen atoms in total. The number of rotatable bonds is 3. The number of nitrogens with zero attached hydrogens (tertiary/aromatic N) is 1. The first-order valence-electron chi connectivity index (χ1n) is 7.07. The highest BCUT2D eigenvalue weighted by atomic mass is 32.2. The van der Waals surface area contributed by atoms with Gasteiger partial charge in [0.25, 0.3) is 5.56 Å². The minimum Gasteiger partial charge on any atom is -0.307 e. The van der Waals surface area contributed by atoms with Gasteiger partial charge in [0, 0.05) is 6.26 Å². The van der Waals surface area contributed by atoms with Crippen LogP contribution in [0.3, 0.4) is 0 Å². The Balaban J connectivity index is 2.29. The number of H-pyrrole nitrogens is 1. The van der Waals surface area contributed by atoms with E-state index in [0.29, 0.717) is 10.9 Å². The fraction of sp³-hybridized carbons (Fsp3) is 0.250. The van der Waals surface area contributed by atoms with Crippen LogP contribution in [0, 0.1) is 6.92 Å². The van der Waals surface area contributed by atoms with Crippen molar-refractivity contribution < 1.29 is 8.42 Å². The zero-order chi connectivity index (χ0) is 16.8. The van der Waals surface area contributed by atoms with Gasteiger partial charge >= 0.3 is 5.69 Å². The van der Waals surface area contributed by atoms with Crippen LogP contribution >= 0.6 is 0 Å². The maximum absolute atomic E-state index is 12.5. The Morgan fingerprint density at radius 3 is 2.61 bits per heavy atom. The van der Waals surface area contributed by atoms with Crippen molar-refractivity contribution in [2.24, 2.45) is 0 Å². The lowest BCUT2D eigenvalue weighted by Crippen LogP contribution is -2.37. The van der Waals surface area contributed by atoms with E-state index < -0.39 is 27.0 Å². The van der Waals surface area contributed by atoms with Crippen LogP contribution in [0.1, 0.15) is 17.5 Å². The van der Waals surface area contributed by atoms with Gasteiger partial charge in [0.1, 0.15) is 5.88 Å². The second kappa shape index (κ2) is 5.34. The maximum Gasteiger partial charge on any atom is 0.329 e. The molecule has 23 heavy (non-hydrogen) atoms. The predicted octanol–water partition coefficient (Wildman–Crippen LogP) is 1.34. The van der Waals surface area contributed by atoms with Crippen LogP contribution in [-0.2, 0) is 15.7 Å². The van der Waals surface area contributed by atoms with Gasteiger partial charge in [0.2, 0.25) is 0 Å². The molecule has 2 aromatic rings. The Kier molecular flexibility index (Phi) is 3.60. The summed E-state index contributed by atoms with van der Waals surface area (Å²) >= 11 is 0. The molecule has 0 bridgehead atoms. The fourth-order valence-electron chi connectivity index (χ4n) is 2.75. The number of aromatic amines is 1. The molecule has 1 aliphatic carbocycles. The molecular formula is C16H16N2O4S. The normalized spacial score (nSPS) is 14.4. The molecule has 1 aromatic heterocycles. The van der Waals surface area contributed by atoms with Crippen molar-refractivity contribution in [1.82, 2.24) is 9.55 Å². The Hall–Kier alpha value is -2.41. The number of benzene rings is 1. The van der Waals surface area contributed by atoms with Gasteiger partial charge in [-0.15, -0.1) is 0 Å². The summed E-state index contributed by atoms with van der Waals surface area (Å²) in [5.74, 6) is -0.634. The molecule has 1 heterocycles. The van der Waals surface area contributed by atoms with Crippen LogP contribution in [0.15, 0.2) is 39.9 Å². The Morgan fingerprint density at radius 1 is 1.26 bits per heavy atom. The summed E-state index contributed by atoms with van der Waals surface area (Å²) in [4.78, 5) is 27.1. The molecule has 0 fully saturated rings. The summed E-state index contributed by atoms with van der Waals surface area (Å²) < 4.78 is 23.6. The first-order chi connectivity index (χ1) is 10.8. The highest BCUT2D eigenvalue weighted by molar-refractivity contribution is 7.89. The van der Waals surface area contributed by atoms with E-state index in [0.717, 1.165) is 33.9 Å². The molecule has 1 aromatic carbocycles. The van der Waals surface area contributed by atoms with Crippen molar-refractivity contribution in [3.05, 3.63) is 62.3 Å². The van der Waals surface area contributed by atoms with Gasteiger partial charge in [-0.3, -0.25) is 4.79 Å². The number of fused-ring (bicyclic) bond motifs is 1. The van der Waals surface area contributed by atoms with E-state index in [-0.39, 0.29) is 0 Å². The number of sulfone groups is 1. The number of allylic oxidation sites excluding steroid dienone is 4. The average Bonchev–Trinajstić information content (AvgIpc) is 2.96. The first kappa shape index (κ1) is 15.5. The zero-order valence-corrected chi connectivity index (χ0v) is 13.6. The first-order valence-corrected chi connectivity index (χ1v) is 9.13. The third-order valence-electron chi connectivity index (χ3n) is 3.81. The quantitative estimate of drug-likeness (QED) is 0.918. The van der Waals surface area contributed by atoms with Gasteiger partial charge in [0.05, 0.1) is 10.9 Å². The molecular weight excluding hydrogens is 316 g/mol. The predicted molar refractivity (Wildman–Crippen MR) is 90.1 cm³/mol. The number of hydrogen-bond acceptors (Lipinski definition) is 4. The molecule has 0 aliphatic heterocycles. The fourth-order valence-corrected chi connectivity index (χ4v) is 3.46. The zero-order valence-electron chi connectivity index (χ0n) is 12.8. The number of nitrogens with one attached hydrogen (secondary N) is 1. The Bertz CT molecular complexity index is 1090. The van der Waals surface area contributed by atoms with Gasteiger partial charge in [0.15, 0.2) is 9.84 Å². The number of hydrogen-bond donors (Lipinski definition) is 1. The second-order valence-corrected chi connectivity index (χ2v) is 7.86. The molecule has 1 aliphatic rings. The Labute approximate surface area is 132 Å². The molecule has 1 N–H and O–H groups in total. The van der Waals surface area contributed by atoms with Gasteiger partial charge in [-0.25, -0.2) is 17.8 Å². The van der Waals surface area contributed by atoms with Gasteiger partial charge < -0.3 is 4.98 Å². The standard InChI is InChI=1S/C16H16N2O4S/c1-10-7-14-13(8-12(10)11-5-3-4-6-11)15(19)18(16(20)17-14)9-23(2,21)22/h3-5,7-8H,6,9H2,1-2H3,(H,17,20). The van der Waals surface area contributed by atoms with Crippen LogP contribution in [0.4, 0.5) is 0 Å². The number of aromatic nitrogens is 2. The topological polar surface area (TPSA) is 89.0 Å². The van der Waals surface area contributed by atoms with Crippen LogP contribution in [0.2, 0.25) is 0 Å². The molecule has 0 atom stereocenters. The van der Waals surface area contributed by atoms with E-state index >= 15 is 0 Å². The monoisotopic (exact) mass is 332 g/mol. The minimum absolute atomic E-state index is 0.307. The molecule has 120 valence electrons. The van der Waals surface area contributed by atoms with E-state index in [1.807, 2.05) is 25.2 Å². The smallest absolute Gasteiger partial charge is 0.307 e. The summed E-state index contributed by atoms with van der Waals surface area (Å²) in [6, 6.07) is 3.47. The lowest BCUT2D eigenvalue weighted by molar-refractivity contribution is 0.584. The van der Waals surface area contributed by atoms with Crippen molar-refractivity contribution in [3.8, 4) is 0 Å². The molecule has 0 spiro atoms. The van der Waals surface area contributed by atoms with E-state index in [4.69, 9.17) is 0 Å². The lowest BCUT2D eigenvalue weighted by Gasteiger charge is -2.10. The van der Waals surface area contributed by atoms with Gasteiger partial charge in [-0.2, -0.15) is 0 Å². The minimum atomic E-state index is -3.50. The molecule has 0 saturated heterocycles. The molecule has 0 saturated carbocycles. The summed E-state index contributed by atoms with van der Waals surface area (Å²) in [6.07, 6.45) is 7.72. The van der Waals surface area contributed by atoms with Crippen molar-refractivity contribution in [2.45, 2.75) is 19.2 Å². The highest BCUT2D eigenvalue weighted by Crippen LogP contribution is 2.27. The van der Waals surface area contributed by atoms with Gasteiger partial charge in [-0.1, -0.05) is 18.2 Å². The van der Waals surface area contributed by atoms with Crippen molar-refractivity contribution >= 4 is 26.3 Å². The summed E-state index contributed by atoms with van der Waals surface area (Å²) in [7, 11) is -3.50. The second-order valence-electron chi connectivity index (χ2n) is 5.76. The molecule has 0 radical (unpaired) electrons. The summed E-state index contributed by atoms with van der Waals surface area (Å²) in [5.41, 5.74) is 2.06. The lowest BCUT2D eigenvalue weighted by atomic mass is 9.98. The van der Waals surface area contributed by atoms with E-state index in [9.17, 15) is 18.0 Å². The third-order valence-corrected chi connectivity index (χ3v) is 4.53. The van der Waals surface area contributed by atoms with Crippen molar-refractivity contribution in [1.29, 1.82) is 0 Å². The summed E-state index contributed by atoms with van der Waals surface area (Å²) in [5, 5.41) is 0.307. The molecule has 0 unspecified atom stereocenters. The Morgan fingerprint density at radius 2 is 2.00 bits per heavy atom. The maximum atomic E-state index is 12.5. The average molecular weight is 332 g/mol. The molecule has 3 rings (SSSR count). The van der Waals surface area contributed by atoms with E-state index in [1.54, 1.807) is 12.1 Å². The van der Waals surface area contributed by atoms with Crippen LogP contribution in [0.25, 0.3) is 16.5 Å². The molecule has 0 amide bonds. The largest absolute Gasteiger partial charge is 0.329 e. The van der Waals surface area contributed by atoms with Crippen LogP contribution in [0.5, 0.6) is 0 Å². The third kappa shape index (κ3) is 2.92. The number of aryl methyl sites for hydroxylation is 1. The van der Waals surface area contributed by atoms with E-state index in [1.165, 1.54) is 0 Å². The highest BCUT2D eigenvalue weighted by Gasteiger charge is 2.15. The van der Waals surface area contributed by atoms with Crippen molar-refractivity contribution in [3.63, 3.8) is 0 Å². The van der Waals surface area contributed by atoms with Crippen LogP contribution in [-0.4, -0.2) is 24.2 Å².